The zero-order valence-corrected chi connectivity index (χ0v) is 5.53. The summed E-state index contributed by atoms with van der Waals surface area (Å²) < 4.78 is 4.40. The molecule has 0 aliphatic rings. The van der Waals surface area contributed by atoms with Crippen LogP contribution in [0.1, 0.15) is 6.92 Å². The highest BCUT2D eigenvalue weighted by atomic mass is 16.5. The van der Waals surface area contributed by atoms with Gasteiger partial charge in [-0.15, -0.1) is 0 Å². The van der Waals surface area contributed by atoms with E-state index in [1.54, 1.807) is 6.92 Å². The lowest BCUT2D eigenvalue weighted by molar-refractivity contribution is -0.134. The predicted octanol–water partition coefficient (Wildman–Crippen LogP) is -0.301. The van der Waals surface area contributed by atoms with Crippen LogP contribution in [0.3, 0.4) is 0 Å². The van der Waals surface area contributed by atoms with E-state index in [-0.39, 0.29) is 6.61 Å². The molecular formula is C5H8N2O3. The van der Waals surface area contributed by atoms with E-state index < -0.39 is 12.0 Å². The van der Waals surface area contributed by atoms with Crippen molar-refractivity contribution in [2.45, 2.75) is 6.92 Å². The maximum absolute atomic E-state index is 10.4. The first-order chi connectivity index (χ1) is 4.66. The van der Waals surface area contributed by atoms with Gasteiger partial charge >= 0.3 is 12.0 Å². The number of aliphatic imine (C=N–C) groups is 1. The smallest absolute Gasteiger partial charge is 0.349 e. The zero-order valence-electron chi connectivity index (χ0n) is 5.53. The van der Waals surface area contributed by atoms with Crippen LogP contribution in [0.5, 0.6) is 0 Å². The van der Waals surface area contributed by atoms with Crippen LogP contribution in [-0.4, -0.2) is 24.8 Å². The molecule has 0 radical (unpaired) electrons. The molecule has 0 aliphatic carbocycles. The minimum Gasteiger partial charge on any atom is -0.462 e. The van der Waals surface area contributed by atoms with Crippen molar-refractivity contribution in [1.82, 2.24) is 0 Å². The molecule has 0 saturated carbocycles. The molecule has 5 nitrogen and oxygen atoms in total. The molecule has 56 valence electrons. The summed E-state index contributed by atoms with van der Waals surface area (Å²) in [5.74, 6) is -0.665. The molecule has 0 aromatic heterocycles. The average Bonchev–Trinajstić information content (AvgIpc) is 1.85. The van der Waals surface area contributed by atoms with E-state index in [1.807, 2.05) is 0 Å². The number of amides is 2. The van der Waals surface area contributed by atoms with Crippen LogP contribution in [0.25, 0.3) is 0 Å². The number of hydrogen-bond acceptors (Lipinski definition) is 3. The van der Waals surface area contributed by atoms with E-state index in [0.29, 0.717) is 0 Å². The molecule has 0 bridgehead atoms. The van der Waals surface area contributed by atoms with E-state index >= 15 is 0 Å². The van der Waals surface area contributed by atoms with Crippen molar-refractivity contribution in [1.29, 1.82) is 0 Å². The van der Waals surface area contributed by atoms with E-state index in [4.69, 9.17) is 0 Å². The number of primary amides is 1. The maximum atomic E-state index is 10.4. The fourth-order valence-corrected chi connectivity index (χ4v) is 0.296. The Hall–Kier alpha value is -1.39. The Morgan fingerprint density at radius 3 is 2.70 bits per heavy atom. The van der Waals surface area contributed by atoms with Crippen LogP contribution in [0.4, 0.5) is 4.79 Å². The Labute approximate surface area is 57.9 Å². The third-order valence-corrected chi connectivity index (χ3v) is 0.584. The second-order valence-electron chi connectivity index (χ2n) is 1.35. The van der Waals surface area contributed by atoms with Crippen LogP contribution >= 0.6 is 0 Å². The molecule has 0 aromatic carbocycles. The summed E-state index contributed by atoms with van der Waals surface area (Å²) in [6, 6.07) is -0.909. The number of carbonyl (C=O) groups is 2. The summed E-state index contributed by atoms with van der Waals surface area (Å²) in [6.45, 7) is 1.90. The van der Waals surface area contributed by atoms with Gasteiger partial charge in [-0.1, -0.05) is 0 Å². The van der Waals surface area contributed by atoms with Crippen molar-refractivity contribution in [3.63, 3.8) is 0 Å². The largest absolute Gasteiger partial charge is 0.462 e. The SMILES string of the molecule is CCOC(=O)C=NC(N)=O. The standard InChI is InChI=1S/C5H8N2O3/c1-2-10-4(8)3-7-5(6)9/h3H,2H2,1H3,(H2,6,9). The van der Waals surface area contributed by atoms with Gasteiger partial charge in [0.15, 0.2) is 0 Å². The van der Waals surface area contributed by atoms with Gasteiger partial charge < -0.3 is 10.5 Å². The minimum absolute atomic E-state index is 0.254. The van der Waals surface area contributed by atoms with Gasteiger partial charge in [0, 0.05) is 0 Å². The monoisotopic (exact) mass is 144 g/mol. The average molecular weight is 144 g/mol. The van der Waals surface area contributed by atoms with Gasteiger partial charge in [0.25, 0.3) is 0 Å². The Morgan fingerprint density at radius 2 is 2.30 bits per heavy atom. The first-order valence-corrected chi connectivity index (χ1v) is 2.67. The second kappa shape index (κ2) is 4.49. The molecule has 2 N–H and O–H groups in total. The van der Waals surface area contributed by atoms with Crippen LogP contribution < -0.4 is 5.73 Å². The quantitative estimate of drug-likeness (QED) is 0.426. The molecule has 0 rings (SSSR count). The van der Waals surface area contributed by atoms with E-state index in [2.05, 4.69) is 15.5 Å². The van der Waals surface area contributed by atoms with Crippen molar-refractivity contribution in [2.75, 3.05) is 6.61 Å². The van der Waals surface area contributed by atoms with Gasteiger partial charge in [0.05, 0.1) is 6.61 Å². The van der Waals surface area contributed by atoms with E-state index in [9.17, 15) is 9.59 Å². The number of nitrogens with zero attached hydrogens (tertiary/aromatic N) is 1. The second-order valence-corrected chi connectivity index (χ2v) is 1.35. The number of rotatable bonds is 2. The zero-order chi connectivity index (χ0) is 7.98. The summed E-state index contributed by atoms with van der Waals surface area (Å²) in [5.41, 5.74) is 4.59. The van der Waals surface area contributed by atoms with Gasteiger partial charge in [-0.25, -0.2) is 9.59 Å². The van der Waals surface area contributed by atoms with Gasteiger partial charge in [-0.2, -0.15) is 4.99 Å². The molecule has 0 aliphatic heterocycles. The van der Waals surface area contributed by atoms with Crippen molar-refractivity contribution in [3.8, 4) is 0 Å². The first-order valence-electron chi connectivity index (χ1n) is 2.67. The lowest BCUT2D eigenvalue weighted by Gasteiger charge is -1.91. The molecule has 0 heterocycles. The normalized spacial score (nSPS) is 9.70. The number of nitrogens with two attached hydrogens (primary N) is 1. The molecule has 5 heteroatoms. The van der Waals surface area contributed by atoms with Crippen molar-refractivity contribution < 1.29 is 14.3 Å². The third-order valence-electron chi connectivity index (χ3n) is 0.584. The van der Waals surface area contributed by atoms with Crippen LogP contribution in [0.15, 0.2) is 4.99 Å². The predicted molar refractivity (Wildman–Crippen MR) is 34.7 cm³/mol. The van der Waals surface area contributed by atoms with E-state index in [0.717, 1.165) is 6.21 Å². The fourth-order valence-electron chi connectivity index (χ4n) is 0.296. The lowest BCUT2D eigenvalue weighted by Crippen LogP contribution is -2.10. The summed E-state index contributed by atoms with van der Waals surface area (Å²) in [5, 5.41) is 0. The Kier molecular flexibility index (Phi) is 3.86. The van der Waals surface area contributed by atoms with Crippen molar-refractivity contribution in [3.05, 3.63) is 0 Å². The number of ether oxygens (including phenoxy) is 1. The summed E-state index contributed by atoms with van der Waals surface area (Å²) in [7, 11) is 0. The molecule has 10 heavy (non-hydrogen) atoms. The fraction of sp³-hybridized carbons (Fsp3) is 0.400. The van der Waals surface area contributed by atoms with Gasteiger partial charge in [0.1, 0.15) is 6.21 Å². The minimum atomic E-state index is -0.909. The molecule has 0 saturated heterocycles. The number of esters is 1. The molecule has 0 atom stereocenters. The van der Waals surface area contributed by atoms with Gasteiger partial charge in [-0.05, 0) is 6.92 Å². The Morgan fingerprint density at radius 1 is 1.70 bits per heavy atom. The van der Waals surface area contributed by atoms with Crippen LogP contribution in [0.2, 0.25) is 0 Å². The molecule has 0 fully saturated rings. The lowest BCUT2D eigenvalue weighted by atomic mass is 10.7. The van der Waals surface area contributed by atoms with Crippen molar-refractivity contribution >= 4 is 18.2 Å². The summed E-state index contributed by atoms with van der Waals surface area (Å²) >= 11 is 0. The number of hydrogen-bond donors (Lipinski definition) is 1. The Balaban J connectivity index is 3.67. The first kappa shape index (κ1) is 8.61. The highest BCUT2D eigenvalue weighted by molar-refractivity contribution is 6.25. The maximum Gasteiger partial charge on any atom is 0.349 e. The number of carbonyl (C=O) groups excluding carboxylic acids is 2. The van der Waals surface area contributed by atoms with Crippen LogP contribution in [0, 0.1) is 0 Å². The summed E-state index contributed by atoms with van der Waals surface area (Å²) in [4.78, 5) is 23.3. The molecule has 0 unspecified atom stereocenters. The highest BCUT2D eigenvalue weighted by Crippen LogP contribution is 1.73. The van der Waals surface area contributed by atoms with Gasteiger partial charge in [-0.3, -0.25) is 0 Å². The molecule has 0 aromatic rings. The van der Waals surface area contributed by atoms with Gasteiger partial charge in [0.2, 0.25) is 0 Å². The van der Waals surface area contributed by atoms with E-state index in [1.165, 1.54) is 0 Å². The molecule has 2 amide bonds. The van der Waals surface area contributed by atoms with Crippen LogP contribution in [-0.2, 0) is 9.53 Å². The Bertz CT molecular complexity index is 164. The summed E-state index contributed by atoms with van der Waals surface area (Å²) in [6.07, 6.45) is 0.742. The topological polar surface area (TPSA) is 81.8 Å². The molecular weight excluding hydrogens is 136 g/mol. The number of urea groups is 1. The molecule has 0 spiro atoms. The third kappa shape index (κ3) is 4.76. The highest BCUT2D eigenvalue weighted by Gasteiger charge is 1.94. The van der Waals surface area contributed by atoms with Crippen molar-refractivity contribution in [2.24, 2.45) is 10.7 Å².